The third-order valence-corrected chi connectivity index (χ3v) is 8.49. The Balaban J connectivity index is 3.40. The highest BCUT2D eigenvalue weighted by Gasteiger charge is 2.19. The van der Waals surface area contributed by atoms with Crippen LogP contribution in [0.25, 0.3) is 0 Å². The Labute approximate surface area is 245 Å². The van der Waals surface area contributed by atoms with Gasteiger partial charge in [-0.2, -0.15) is 0 Å². The maximum absolute atomic E-state index is 10.6. The number of carboxylic acid groups (broad SMARTS) is 1. The summed E-state index contributed by atoms with van der Waals surface area (Å²) in [6.45, 7) is 4.32. The first-order valence-corrected chi connectivity index (χ1v) is 17.6. The van der Waals surface area contributed by atoms with Gasteiger partial charge in [-0.05, 0) is 32.1 Å². The van der Waals surface area contributed by atoms with E-state index in [2.05, 4.69) is 21.0 Å². The first kappa shape index (κ1) is 38.4. The Hall–Kier alpha value is -0.610. The molecule has 0 aliphatic carbocycles. The molecule has 0 aliphatic rings. The van der Waals surface area contributed by atoms with Crippen LogP contribution >= 0.6 is 0 Å². The molecule has 0 radical (unpaired) electrons. The molecular formula is C35H71NO3. The normalized spacial score (nSPS) is 12.7. The number of aliphatic hydroxyl groups excluding tert-OH is 1. The van der Waals surface area contributed by atoms with Crippen molar-refractivity contribution in [1.29, 1.82) is 0 Å². The van der Waals surface area contributed by atoms with E-state index < -0.39 is 5.97 Å². The SMILES string of the molecule is CCCCCCCCCCCCCCCCCCCC(O)C[N+](C)(C)CCCCCCCCCCCC(=O)[O-]. The molecule has 4 nitrogen and oxygen atoms in total. The van der Waals surface area contributed by atoms with Crippen molar-refractivity contribution in [3.8, 4) is 0 Å². The van der Waals surface area contributed by atoms with E-state index in [1.165, 1.54) is 148 Å². The standard InChI is InChI=1S/C35H71NO3/c1-4-5-6-7-8-9-10-11-12-13-14-15-16-18-21-24-27-30-34(37)33-36(2,3)32-29-26-23-20-17-19-22-25-28-31-35(38)39/h34,37H,4-33H2,1-3H3. The lowest BCUT2D eigenvalue weighted by Crippen LogP contribution is -2.45. The van der Waals surface area contributed by atoms with Crippen molar-refractivity contribution in [1.82, 2.24) is 0 Å². The fraction of sp³-hybridized carbons (Fsp3) is 0.971. The van der Waals surface area contributed by atoms with Crippen LogP contribution in [0.3, 0.4) is 0 Å². The van der Waals surface area contributed by atoms with Crippen LogP contribution in [0.2, 0.25) is 0 Å². The van der Waals surface area contributed by atoms with Gasteiger partial charge in [0.25, 0.3) is 0 Å². The zero-order valence-corrected chi connectivity index (χ0v) is 27.0. The molecule has 4 heteroatoms. The summed E-state index contributed by atoms with van der Waals surface area (Å²) in [6.07, 6.45) is 35.3. The van der Waals surface area contributed by atoms with E-state index in [1.54, 1.807) is 0 Å². The predicted molar refractivity (Wildman–Crippen MR) is 168 cm³/mol. The monoisotopic (exact) mass is 554 g/mol. The van der Waals surface area contributed by atoms with Gasteiger partial charge in [-0.15, -0.1) is 0 Å². The number of unbranched alkanes of at least 4 members (excludes halogenated alkanes) is 24. The van der Waals surface area contributed by atoms with E-state index in [4.69, 9.17) is 0 Å². The lowest BCUT2D eigenvalue weighted by Gasteiger charge is -2.32. The van der Waals surface area contributed by atoms with Crippen LogP contribution in [0.4, 0.5) is 0 Å². The Bertz CT molecular complexity index is 508. The van der Waals surface area contributed by atoms with Crippen molar-refractivity contribution >= 4 is 5.97 Å². The highest BCUT2D eigenvalue weighted by Crippen LogP contribution is 2.16. The summed E-state index contributed by atoms with van der Waals surface area (Å²) in [7, 11) is 4.54. The summed E-state index contributed by atoms with van der Waals surface area (Å²) in [4.78, 5) is 10.4. The maximum Gasteiger partial charge on any atom is 0.105 e. The largest absolute Gasteiger partial charge is 0.550 e. The predicted octanol–water partition coefficient (Wildman–Crippen LogP) is 9.12. The first-order chi connectivity index (χ1) is 18.9. The average Bonchev–Trinajstić information content (AvgIpc) is 2.88. The zero-order valence-electron chi connectivity index (χ0n) is 27.0. The minimum absolute atomic E-state index is 0.159. The number of quaternary nitrogens is 1. The van der Waals surface area contributed by atoms with Crippen LogP contribution in [0.5, 0.6) is 0 Å². The Morgan fingerprint density at radius 3 is 1.28 bits per heavy atom. The zero-order chi connectivity index (χ0) is 28.9. The maximum atomic E-state index is 10.6. The van der Waals surface area contributed by atoms with Crippen LogP contribution in [-0.2, 0) is 4.79 Å². The van der Waals surface area contributed by atoms with Crippen LogP contribution in [0.15, 0.2) is 0 Å². The van der Waals surface area contributed by atoms with Gasteiger partial charge < -0.3 is 19.5 Å². The molecule has 1 N–H and O–H groups in total. The Morgan fingerprint density at radius 1 is 0.564 bits per heavy atom. The van der Waals surface area contributed by atoms with Crippen molar-refractivity contribution in [3.63, 3.8) is 0 Å². The summed E-state index contributed by atoms with van der Waals surface area (Å²) >= 11 is 0. The Kier molecular flexibility index (Phi) is 28.4. The number of nitrogens with zero attached hydrogens (tertiary/aromatic N) is 1. The quantitative estimate of drug-likeness (QED) is 0.0667. The third kappa shape index (κ3) is 31.8. The molecule has 0 heterocycles. The van der Waals surface area contributed by atoms with Crippen molar-refractivity contribution in [2.75, 3.05) is 27.2 Å². The van der Waals surface area contributed by atoms with Gasteiger partial charge in [0.15, 0.2) is 0 Å². The van der Waals surface area contributed by atoms with E-state index >= 15 is 0 Å². The van der Waals surface area contributed by atoms with Gasteiger partial charge in [0.1, 0.15) is 12.6 Å². The molecule has 0 saturated heterocycles. The minimum atomic E-state index is -0.917. The molecule has 39 heavy (non-hydrogen) atoms. The summed E-state index contributed by atoms with van der Waals surface area (Å²) in [5.41, 5.74) is 0. The molecule has 1 atom stereocenters. The smallest absolute Gasteiger partial charge is 0.105 e. The van der Waals surface area contributed by atoms with Gasteiger partial charge in [0, 0.05) is 5.97 Å². The van der Waals surface area contributed by atoms with Gasteiger partial charge in [0.2, 0.25) is 0 Å². The minimum Gasteiger partial charge on any atom is -0.550 e. The number of aliphatic carboxylic acids is 1. The fourth-order valence-electron chi connectivity index (χ4n) is 5.90. The number of rotatable bonds is 32. The number of aliphatic hydroxyl groups is 1. The number of carbonyl (C=O) groups is 1. The van der Waals surface area contributed by atoms with Crippen LogP contribution in [0, 0.1) is 0 Å². The second kappa shape index (κ2) is 28.9. The van der Waals surface area contributed by atoms with Gasteiger partial charge >= 0.3 is 0 Å². The van der Waals surface area contributed by atoms with E-state index in [-0.39, 0.29) is 12.5 Å². The molecule has 0 rings (SSSR count). The summed E-state index contributed by atoms with van der Waals surface area (Å²) in [5.74, 6) is -0.917. The van der Waals surface area contributed by atoms with Crippen LogP contribution in [-0.4, -0.2) is 48.8 Å². The third-order valence-electron chi connectivity index (χ3n) is 8.49. The molecule has 0 spiro atoms. The van der Waals surface area contributed by atoms with Crippen molar-refractivity contribution in [3.05, 3.63) is 0 Å². The van der Waals surface area contributed by atoms with E-state index in [0.717, 1.165) is 43.3 Å². The van der Waals surface area contributed by atoms with Gasteiger partial charge in [-0.1, -0.05) is 155 Å². The average molecular weight is 554 g/mol. The van der Waals surface area contributed by atoms with Gasteiger partial charge in [-0.3, -0.25) is 0 Å². The van der Waals surface area contributed by atoms with Crippen molar-refractivity contribution < 1.29 is 19.5 Å². The molecule has 0 aromatic carbocycles. The lowest BCUT2D eigenvalue weighted by molar-refractivity contribution is -0.893. The number of likely N-dealkylation sites (N-methyl/N-ethyl adjacent to an activating group) is 1. The summed E-state index contributed by atoms with van der Waals surface area (Å²) in [6, 6.07) is 0. The van der Waals surface area contributed by atoms with Gasteiger partial charge in [-0.25, -0.2) is 0 Å². The molecule has 0 aromatic heterocycles. The number of carboxylic acids is 1. The van der Waals surface area contributed by atoms with Crippen LogP contribution in [0.1, 0.15) is 187 Å². The fourth-order valence-corrected chi connectivity index (χ4v) is 5.90. The van der Waals surface area contributed by atoms with E-state index in [1.807, 2.05) is 0 Å². The second-order valence-corrected chi connectivity index (χ2v) is 13.2. The van der Waals surface area contributed by atoms with Crippen molar-refractivity contribution in [2.45, 2.75) is 193 Å². The number of hydrogen-bond donors (Lipinski definition) is 1. The van der Waals surface area contributed by atoms with E-state index in [9.17, 15) is 15.0 Å². The summed E-state index contributed by atoms with van der Waals surface area (Å²) < 4.78 is 0.929. The molecule has 234 valence electrons. The molecule has 0 aliphatic heterocycles. The highest BCUT2D eigenvalue weighted by molar-refractivity contribution is 5.64. The summed E-state index contributed by atoms with van der Waals surface area (Å²) in [5, 5.41) is 20.9. The molecule has 0 saturated carbocycles. The topological polar surface area (TPSA) is 60.4 Å². The molecule has 0 amide bonds. The van der Waals surface area contributed by atoms with E-state index in [0.29, 0.717) is 0 Å². The molecule has 0 fully saturated rings. The first-order valence-electron chi connectivity index (χ1n) is 17.6. The van der Waals surface area contributed by atoms with Crippen LogP contribution < -0.4 is 5.11 Å². The molecule has 1 unspecified atom stereocenters. The number of carbonyl (C=O) groups excluding carboxylic acids is 1. The Morgan fingerprint density at radius 2 is 0.897 bits per heavy atom. The van der Waals surface area contributed by atoms with Crippen molar-refractivity contribution in [2.24, 2.45) is 0 Å². The molecule has 0 bridgehead atoms. The second-order valence-electron chi connectivity index (χ2n) is 13.2. The number of hydrogen-bond acceptors (Lipinski definition) is 3. The van der Waals surface area contributed by atoms with Gasteiger partial charge in [0.05, 0.1) is 20.6 Å². The molecular weight excluding hydrogens is 482 g/mol. The molecule has 0 aromatic rings. The highest BCUT2D eigenvalue weighted by atomic mass is 16.4. The lowest BCUT2D eigenvalue weighted by atomic mass is 10.0.